The topological polar surface area (TPSA) is 29.1 Å². The van der Waals surface area contributed by atoms with E-state index in [0.717, 1.165) is 10.9 Å². The van der Waals surface area contributed by atoms with E-state index in [2.05, 4.69) is 27.2 Å². The van der Waals surface area contributed by atoms with Crippen LogP contribution in [0.3, 0.4) is 0 Å². The third kappa shape index (κ3) is 4.07. The molecule has 0 bridgehead atoms. The van der Waals surface area contributed by atoms with Crippen LogP contribution in [0.4, 0.5) is 0 Å². The van der Waals surface area contributed by atoms with Crippen LogP contribution in [0.2, 0.25) is 5.02 Å². The first-order chi connectivity index (χ1) is 8.08. The minimum Gasteiger partial charge on any atom is -0.348 e. The Hall–Kier alpha value is -0.980. The Bertz CT molecular complexity index is 453. The van der Waals surface area contributed by atoms with Gasteiger partial charge in [0.2, 0.25) is 0 Å². The molecule has 1 amide bonds. The van der Waals surface area contributed by atoms with Gasteiger partial charge in [0.05, 0.1) is 10.6 Å². The minimum absolute atomic E-state index is 0.0115. The lowest BCUT2D eigenvalue weighted by Gasteiger charge is -2.14. The van der Waals surface area contributed by atoms with Gasteiger partial charge in [-0.1, -0.05) is 34.5 Å². The van der Waals surface area contributed by atoms with Gasteiger partial charge in [-0.05, 0) is 24.6 Å². The normalized spacial score (nSPS) is 11.6. The monoisotopic (exact) mass is 313 g/mol. The van der Waals surface area contributed by atoms with Crippen molar-refractivity contribution < 1.29 is 4.79 Å². The van der Waals surface area contributed by atoms with Gasteiger partial charge in [0.25, 0.3) is 5.91 Å². The van der Waals surface area contributed by atoms with Gasteiger partial charge in [0.15, 0.2) is 0 Å². The van der Waals surface area contributed by atoms with Crippen LogP contribution in [-0.4, -0.2) is 11.9 Å². The van der Waals surface area contributed by atoms with Gasteiger partial charge in [-0.2, -0.15) is 0 Å². The maximum Gasteiger partial charge on any atom is 0.253 e. The summed E-state index contributed by atoms with van der Waals surface area (Å²) in [6.07, 6.45) is 6.55. The van der Waals surface area contributed by atoms with Crippen LogP contribution in [-0.2, 0) is 0 Å². The van der Waals surface area contributed by atoms with Gasteiger partial charge in [-0.15, -0.1) is 12.3 Å². The van der Waals surface area contributed by atoms with E-state index in [4.69, 9.17) is 18.0 Å². The summed E-state index contributed by atoms with van der Waals surface area (Å²) in [5.74, 6) is 2.35. The van der Waals surface area contributed by atoms with Gasteiger partial charge in [-0.25, -0.2) is 0 Å². The summed E-state index contributed by atoms with van der Waals surface area (Å²) in [5, 5.41) is 3.30. The molecule has 2 nitrogen and oxygen atoms in total. The molecule has 0 radical (unpaired) electrons. The van der Waals surface area contributed by atoms with Crippen LogP contribution < -0.4 is 5.32 Å². The molecule has 0 saturated carbocycles. The number of carbonyl (C=O) groups excluding carboxylic acids is 1. The molecule has 1 N–H and O–H groups in total. The van der Waals surface area contributed by atoms with Crippen molar-refractivity contribution in [3.05, 3.63) is 33.3 Å². The fourth-order valence-corrected chi connectivity index (χ4v) is 1.94. The number of hydrogen-bond acceptors (Lipinski definition) is 1. The first-order valence-corrected chi connectivity index (χ1v) is 6.45. The highest BCUT2D eigenvalue weighted by molar-refractivity contribution is 9.10. The number of hydrogen-bond donors (Lipinski definition) is 1. The Kier molecular flexibility index (Phi) is 5.54. The predicted octanol–water partition coefficient (Wildman–Crippen LogP) is 3.63. The van der Waals surface area contributed by atoms with Gasteiger partial charge in [0, 0.05) is 16.9 Å². The summed E-state index contributed by atoms with van der Waals surface area (Å²) in [6.45, 7) is 1.98. The third-order valence-electron chi connectivity index (χ3n) is 2.37. The molecule has 0 aromatic heterocycles. The highest BCUT2D eigenvalue weighted by Gasteiger charge is 2.14. The molecule has 1 aromatic carbocycles. The molecular weight excluding hydrogens is 302 g/mol. The van der Waals surface area contributed by atoms with E-state index in [-0.39, 0.29) is 11.9 Å². The number of carbonyl (C=O) groups is 1. The van der Waals surface area contributed by atoms with Crippen molar-refractivity contribution in [1.82, 2.24) is 5.32 Å². The Morgan fingerprint density at radius 2 is 2.35 bits per heavy atom. The minimum atomic E-state index is -0.196. The number of halogens is 2. The molecule has 0 saturated heterocycles. The average Bonchev–Trinajstić information content (AvgIpc) is 2.31. The van der Waals surface area contributed by atoms with Crippen LogP contribution in [0.5, 0.6) is 0 Å². The van der Waals surface area contributed by atoms with E-state index < -0.39 is 0 Å². The molecule has 17 heavy (non-hydrogen) atoms. The number of rotatable bonds is 4. The molecule has 0 fully saturated rings. The molecular formula is C13H13BrClNO. The largest absolute Gasteiger partial charge is 0.348 e. The van der Waals surface area contributed by atoms with Crippen molar-refractivity contribution in [1.29, 1.82) is 0 Å². The first-order valence-electron chi connectivity index (χ1n) is 5.27. The van der Waals surface area contributed by atoms with Gasteiger partial charge in [0.1, 0.15) is 0 Å². The second kappa shape index (κ2) is 6.68. The zero-order valence-corrected chi connectivity index (χ0v) is 11.8. The lowest BCUT2D eigenvalue weighted by Crippen LogP contribution is -2.34. The molecule has 4 heteroatoms. The summed E-state index contributed by atoms with van der Waals surface area (Å²) in [4.78, 5) is 12.0. The Labute approximate surface area is 115 Å². The fraction of sp³-hybridized carbons (Fsp3) is 0.308. The molecule has 1 atom stereocenters. The molecule has 1 unspecified atom stereocenters. The van der Waals surface area contributed by atoms with Crippen molar-refractivity contribution in [3.8, 4) is 12.3 Å². The molecule has 0 heterocycles. The third-order valence-corrected chi connectivity index (χ3v) is 3.19. The molecule has 90 valence electrons. The van der Waals surface area contributed by atoms with Crippen molar-refractivity contribution in [2.45, 2.75) is 25.8 Å². The fourth-order valence-electron chi connectivity index (χ4n) is 1.37. The van der Waals surface area contributed by atoms with Crippen LogP contribution in [0, 0.1) is 12.3 Å². The van der Waals surface area contributed by atoms with Crippen LogP contribution in [0.1, 0.15) is 30.1 Å². The molecule has 0 aliphatic heterocycles. The van der Waals surface area contributed by atoms with Crippen molar-refractivity contribution in [2.24, 2.45) is 0 Å². The van der Waals surface area contributed by atoms with E-state index in [9.17, 15) is 4.79 Å². The Morgan fingerprint density at radius 3 is 2.94 bits per heavy atom. The summed E-state index contributed by atoms with van der Waals surface area (Å²) < 4.78 is 0.817. The molecule has 1 rings (SSSR count). The number of terminal acetylenes is 1. The summed E-state index contributed by atoms with van der Waals surface area (Å²) >= 11 is 9.28. The molecule has 0 spiro atoms. The number of nitrogens with one attached hydrogen (secondary N) is 1. The van der Waals surface area contributed by atoms with E-state index in [0.29, 0.717) is 17.0 Å². The summed E-state index contributed by atoms with van der Waals surface area (Å²) in [6, 6.07) is 5.16. The van der Waals surface area contributed by atoms with E-state index in [1.165, 1.54) is 0 Å². The predicted molar refractivity (Wildman–Crippen MR) is 74.1 cm³/mol. The Morgan fingerprint density at radius 1 is 1.65 bits per heavy atom. The van der Waals surface area contributed by atoms with Gasteiger partial charge >= 0.3 is 0 Å². The average molecular weight is 315 g/mol. The lowest BCUT2D eigenvalue weighted by molar-refractivity contribution is 0.0937. The number of benzene rings is 1. The maximum atomic E-state index is 12.0. The highest BCUT2D eigenvalue weighted by Crippen LogP contribution is 2.21. The van der Waals surface area contributed by atoms with Gasteiger partial charge < -0.3 is 5.32 Å². The van der Waals surface area contributed by atoms with Crippen LogP contribution >= 0.6 is 27.5 Å². The standard InChI is InChI=1S/C13H13BrClNO/c1-3-5-10(4-2)16-13(17)11-8-9(14)6-7-12(11)15/h1,6-8,10H,4-5H2,2H3,(H,16,17). The first kappa shape index (κ1) is 14.1. The second-order valence-electron chi connectivity index (χ2n) is 3.61. The zero-order chi connectivity index (χ0) is 12.8. The van der Waals surface area contributed by atoms with Crippen molar-refractivity contribution in [2.75, 3.05) is 0 Å². The summed E-state index contributed by atoms with van der Waals surface area (Å²) in [5.41, 5.74) is 0.455. The zero-order valence-electron chi connectivity index (χ0n) is 9.47. The molecule has 0 aliphatic rings. The summed E-state index contributed by atoms with van der Waals surface area (Å²) in [7, 11) is 0. The van der Waals surface area contributed by atoms with Crippen molar-refractivity contribution in [3.63, 3.8) is 0 Å². The number of amides is 1. The van der Waals surface area contributed by atoms with E-state index in [1.807, 2.05) is 6.92 Å². The van der Waals surface area contributed by atoms with Crippen molar-refractivity contribution >= 4 is 33.4 Å². The van der Waals surface area contributed by atoms with Gasteiger partial charge in [-0.3, -0.25) is 4.79 Å². The SMILES string of the molecule is C#CCC(CC)NC(=O)c1cc(Br)ccc1Cl. The second-order valence-corrected chi connectivity index (χ2v) is 4.93. The lowest BCUT2D eigenvalue weighted by atomic mass is 10.1. The van der Waals surface area contributed by atoms with Crippen LogP contribution in [0.25, 0.3) is 0 Å². The Balaban J connectivity index is 2.82. The molecule has 0 aliphatic carbocycles. The quantitative estimate of drug-likeness (QED) is 0.845. The highest BCUT2D eigenvalue weighted by atomic mass is 79.9. The van der Waals surface area contributed by atoms with E-state index in [1.54, 1.807) is 18.2 Å². The van der Waals surface area contributed by atoms with Crippen LogP contribution in [0.15, 0.2) is 22.7 Å². The smallest absolute Gasteiger partial charge is 0.253 e. The molecule has 1 aromatic rings. The maximum absolute atomic E-state index is 12.0. The van der Waals surface area contributed by atoms with E-state index >= 15 is 0 Å².